The van der Waals surface area contributed by atoms with Gasteiger partial charge in [0.05, 0.1) is 0 Å². The third kappa shape index (κ3) is 3.11. The SMILES string of the molecule is Cc1ccc(CCN(C)CC2(CO)CCC2)o1. The molecule has 2 rings (SSSR count). The summed E-state index contributed by atoms with van der Waals surface area (Å²) in [6.07, 6.45) is 4.57. The zero-order valence-corrected chi connectivity index (χ0v) is 10.9. The second kappa shape index (κ2) is 5.23. The minimum absolute atomic E-state index is 0.188. The first kappa shape index (κ1) is 12.7. The van der Waals surface area contributed by atoms with Crippen LogP contribution in [0.25, 0.3) is 0 Å². The molecule has 17 heavy (non-hydrogen) atoms. The number of nitrogens with zero attached hydrogens (tertiary/aromatic N) is 1. The second-order valence-corrected chi connectivity index (χ2v) is 5.51. The maximum Gasteiger partial charge on any atom is 0.105 e. The highest BCUT2D eigenvalue weighted by Gasteiger charge is 2.36. The molecule has 1 aromatic heterocycles. The fraction of sp³-hybridized carbons (Fsp3) is 0.714. The summed E-state index contributed by atoms with van der Waals surface area (Å²) in [5.41, 5.74) is 0.188. The molecule has 96 valence electrons. The Morgan fingerprint density at radius 1 is 1.41 bits per heavy atom. The van der Waals surface area contributed by atoms with Crippen LogP contribution < -0.4 is 0 Å². The van der Waals surface area contributed by atoms with E-state index in [0.717, 1.165) is 31.0 Å². The van der Waals surface area contributed by atoms with Crippen molar-refractivity contribution in [3.63, 3.8) is 0 Å². The normalized spacial score (nSPS) is 18.4. The van der Waals surface area contributed by atoms with Gasteiger partial charge in [0, 0.05) is 31.5 Å². The standard InChI is InChI=1S/C14H23NO2/c1-12-4-5-13(17-12)6-9-15(2)10-14(11-16)7-3-8-14/h4-5,16H,3,6-11H2,1-2H3. The van der Waals surface area contributed by atoms with Gasteiger partial charge in [-0.3, -0.25) is 0 Å². The van der Waals surface area contributed by atoms with Crippen LogP contribution in [0, 0.1) is 12.3 Å². The molecule has 3 nitrogen and oxygen atoms in total. The molecule has 3 heteroatoms. The summed E-state index contributed by atoms with van der Waals surface area (Å²) < 4.78 is 5.55. The van der Waals surface area contributed by atoms with Gasteiger partial charge in [-0.2, -0.15) is 0 Å². The Kier molecular flexibility index (Phi) is 3.89. The number of hydrogen-bond acceptors (Lipinski definition) is 3. The predicted molar refractivity (Wildman–Crippen MR) is 68.0 cm³/mol. The van der Waals surface area contributed by atoms with Crippen molar-refractivity contribution in [2.24, 2.45) is 5.41 Å². The highest BCUT2D eigenvalue weighted by molar-refractivity contribution is 5.05. The Bertz CT molecular complexity index is 349. The first-order valence-corrected chi connectivity index (χ1v) is 6.48. The van der Waals surface area contributed by atoms with Crippen LogP contribution in [0.2, 0.25) is 0 Å². The Morgan fingerprint density at radius 3 is 2.65 bits per heavy atom. The van der Waals surface area contributed by atoms with Crippen molar-refractivity contribution in [3.05, 3.63) is 23.7 Å². The van der Waals surface area contributed by atoms with Crippen LogP contribution in [0.3, 0.4) is 0 Å². The fourth-order valence-corrected chi connectivity index (χ4v) is 2.62. The monoisotopic (exact) mass is 237 g/mol. The van der Waals surface area contributed by atoms with Crippen LogP contribution in [-0.4, -0.2) is 36.8 Å². The van der Waals surface area contributed by atoms with Gasteiger partial charge in [-0.25, -0.2) is 0 Å². The molecule has 1 aliphatic carbocycles. The molecule has 0 atom stereocenters. The number of rotatable bonds is 6. The summed E-state index contributed by atoms with van der Waals surface area (Å²) in [5.74, 6) is 2.04. The molecule has 1 N–H and O–H groups in total. The van der Waals surface area contributed by atoms with Gasteiger partial charge in [-0.05, 0) is 38.9 Å². The number of likely N-dealkylation sites (N-methyl/N-ethyl adjacent to an activating group) is 1. The van der Waals surface area contributed by atoms with Crippen molar-refractivity contribution < 1.29 is 9.52 Å². The zero-order valence-electron chi connectivity index (χ0n) is 10.9. The Morgan fingerprint density at radius 2 is 2.18 bits per heavy atom. The number of aryl methyl sites for hydroxylation is 1. The van der Waals surface area contributed by atoms with Crippen molar-refractivity contribution >= 4 is 0 Å². The van der Waals surface area contributed by atoms with Crippen molar-refractivity contribution in [3.8, 4) is 0 Å². The molecule has 0 spiro atoms. The molecule has 1 saturated carbocycles. The molecular formula is C14H23NO2. The molecule has 0 radical (unpaired) electrons. The van der Waals surface area contributed by atoms with Crippen LogP contribution in [-0.2, 0) is 6.42 Å². The van der Waals surface area contributed by atoms with Gasteiger partial charge in [0.15, 0.2) is 0 Å². The Hall–Kier alpha value is -0.800. The third-order valence-electron chi connectivity index (χ3n) is 3.89. The highest BCUT2D eigenvalue weighted by Crippen LogP contribution is 2.40. The summed E-state index contributed by atoms with van der Waals surface area (Å²) >= 11 is 0. The van der Waals surface area contributed by atoms with E-state index in [1.165, 1.54) is 19.3 Å². The molecule has 0 unspecified atom stereocenters. The van der Waals surface area contributed by atoms with E-state index < -0.39 is 0 Å². The van der Waals surface area contributed by atoms with Gasteiger partial charge in [-0.15, -0.1) is 0 Å². The van der Waals surface area contributed by atoms with Crippen LogP contribution in [0.1, 0.15) is 30.8 Å². The van der Waals surface area contributed by atoms with Crippen LogP contribution in [0.5, 0.6) is 0 Å². The van der Waals surface area contributed by atoms with Gasteiger partial charge < -0.3 is 14.4 Å². The molecule has 0 bridgehead atoms. The quantitative estimate of drug-likeness (QED) is 0.824. The molecule has 1 aromatic rings. The van der Waals surface area contributed by atoms with E-state index in [1.54, 1.807) is 0 Å². The van der Waals surface area contributed by atoms with Gasteiger partial charge in [0.2, 0.25) is 0 Å². The topological polar surface area (TPSA) is 36.6 Å². The lowest BCUT2D eigenvalue weighted by atomic mass is 9.69. The van der Waals surface area contributed by atoms with Gasteiger partial charge >= 0.3 is 0 Å². The highest BCUT2D eigenvalue weighted by atomic mass is 16.3. The van der Waals surface area contributed by atoms with Crippen molar-refractivity contribution in [2.75, 3.05) is 26.7 Å². The lowest BCUT2D eigenvalue weighted by Crippen LogP contribution is -2.44. The number of aliphatic hydroxyl groups excluding tert-OH is 1. The zero-order chi connectivity index (χ0) is 12.3. The Balaban J connectivity index is 1.75. The Labute approximate surface area is 103 Å². The van der Waals surface area contributed by atoms with Gasteiger partial charge in [-0.1, -0.05) is 6.42 Å². The molecule has 1 heterocycles. The first-order valence-electron chi connectivity index (χ1n) is 6.48. The van der Waals surface area contributed by atoms with E-state index in [9.17, 15) is 5.11 Å². The summed E-state index contributed by atoms with van der Waals surface area (Å²) in [5, 5.41) is 9.43. The van der Waals surface area contributed by atoms with Crippen LogP contribution in [0.15, 0.2) is 16.5 Å². The van der Waals surface area contributed by atoms with Crippen molar-refractivity contribution in [2.45, 2.75) is 32.6 Å². The summed E-state index contributed by atoms with van der Waals surface area (Å²) in [7, 11) is 2.13. The first-order chi connectivity index (χ1) is 8.13. The summed E-state index contributed by atoms with van der Waals surface area (Å²) in [6.45, 7) is 4.30. The van der Waals surface area contributed by atoms with Crippen molar-refractivity contribution in [1.29, 1.82) is 0 Å². The largest absolute Gasteiger partial charge is 0.466 e. The van der Waals surface area contributed by atoms with E-state index >= 15 is 0 Å². The van der Waals surface area contributed by atoms with E-state index in [2.05, 4.69) is 11.9 Å². The maximum atomic E-state index is 9.43. The smallest absolute Gasteiger partial charge is 0.105 e. The minimum atomic E-state index is 0.188. The molecule has 0 aromatic carbocycles. The molecule has 0 aliphatic heterocycles. The van der Waals surface area contributed by atoms with Crippen molar-refractivity contribution in [1.82, 2.24) is 4.90 Å². The average molecular weight is 237 g/mol. The average Bonchev–Trinajstić information content (AvgIpc) is 2.67. The fourth-order valence-electron chi connectivity index (χ4n) is 2.62. The van der Waals surface area contributed by atoms with E-state index in [1.807, 2.05) is 19.1 Å². The number of aliphatic hydroxyl groups is 1. The lowest BCUT2D eigenvalue weighted by Gasteiger charge is -2.43. The second-order valence-electron chi connectivity index (χ2n) is 5.51. The molecule has 0 amide bonds. The molecule has 1 fully saturated rings. The van der Waals surface area contributed by atoms with Gasteiger partial charge in [0.25, 0.3) is 0 Å². The predicted octanol–water partition coefficient (Wildman–Crippen LogP) is 2.22. The summed E-state index contributed by atoms with van der Waals surface area (Å²) in [6, 6.07) is 4.06. The minimum Gasteiger partial charge on any atom is -0.466 e. The molecule has 1 aliphatic rings. The number of hydrogen-bond donors (Lipinski definition) is 1. The lowest BCUT2D eigenvalue weighted by molar-refractivity contribution is 0.0146. The number of furan rings is 1. The molecular weight excluding hydrogens is 214 g/mol. The van der Waals surface area contributed by atoms with Gasteiger partial charge in [0.1, 0.15) is 11.5 Å². The van der Waals surface area contributed by atoms with Crippen LogP contribution in [0.4, 0.5) is 0 Å². The van der Waals surface area contributed by atoms with E-state index in [4.69, 9.17) is 4.42 Å². The third-order valence-corrected chi connectivity index (χ3v) is 3.89. The van der Waals surface area contributed by atoms with E-state index in [-0.39, 0.29) is 5.41 Å². The van der Waals surface area contributed by atoms with Crippen LogP contribution >= 0.6 is 0 Å². The maximum absolute atomic E-state index is 9.43. The summed E-state index contributed by atoms with van der Waals surface area (Å²) in [4.78, 5) is 2.31. The molecule has 0 saturated heterocycles. The van der Waals surface area contributed by atoms with E-state index in [0.29, 0.717) is 6.61 Å².